The summed E-state index contributed by atoms with van der Waals surface area (Å²) in [5.74, 6) is -0.362. The summed E-state index contributed by atoms with van der Waals surface area (Å²) in [6.45, 7) is 7.12. The van der Waals surface area contributed by atoms with Crippen LogP contribution in [0.1, 0.15) is 72.2 Å². The highest BCUT2D eigenvalue weighted by molar-refractivity contribution is 7.68. The van der Waals surface area contributed by atoms with E-state index in [9.17, 15) is 52.7 Å². The van der Waals surface area contributed by atoms with Crippen LogP contribution in [0, 0.1) is 5.92 Å². The molecule has 0 aromatic heterocycles. The standard InChI is InChI=1S/C38H36F12N4P/c1-22(2)32-34(26-9-17-30(18-10-26)37(45,46)47,27-11-19-31(20-12-27)38(48,49)50)53-55(52-32)51-21-33(54(55)23(3)4,24-5-13-28(14-6-24)35(39,40)41)25-7-15-29(16-8-25)36(42,43)44/h5-20,22-23,32,51-53H,21H2,1-4H3/q+1/t32-,55?/m0/s1. The highest BCUT2D eigenvalue weighted by atomic mass is 31.2. The van der Waals surface area contributed by atoms with Crippen LogP contribution >= 0.6 is 7.87 Å². The summed E-state index contributed by atoms with van der Waals surface area (Å²) in [5, 5.41) is 10.8. The van der Waals surface area contributed by atoms with Crippen LogP contribution < -0.4 is 15.3 Å². The molecular weight excluding hydrogens is 771 g/mol. The van der Waals surface area contributed by atoms with Crippen molar-refractivity contribution in [2.45, 2.75) is 75.6 Å². The van der Waals surface area contributed by atoms with Gasteiger partial charge in [-0.25, -0.2) is 0 Å². The molecule has 1 spiro atoms. The van der Waals surface area contributed by atoms with Crippen molar-refractivity contribution >= 4 is 7.87 Å². The lowest BCUT2D eigenvalue weighted by Crippen LogP contribution is -2.51. The van der Waals surface area contributed by atoms with Gasteiger partial charge in [0, 0.05) is 6.04 Å². The van der Waals surface area contributed by atoms with Crippen LogP contribution in [-0.2, 0) is 35.8 Å². The van der Waals surface area contributed by atoms with E-state index < -0.39 is 78.0 Å². The molecule has 2 saturated heterocycles. The van der Waals surface area contributed by atoms with Gasteiger partial charge in [-0.1, -0.05) is 62.4 Å². The molecule has 55 heavy (non-hydrogen) atoms. The maximum Gasteiger partial charge on any atom is 0.416 e. The van der Waals surface area contributed by atoms with Crippen LogP contribution in [0.25, 0.3) is 0 Å². The van der Waals surface area contributed by atoms with Gasteiger partial charge in [0.05, 0.1) is 34.8 Å². The van der Waals surface area contributed by atoms with Crippen LogP contribution in [0.3, 0.4) is 0 Å². The van der Waals surface area contributed by atoms with Crippen LogP contribution in [-0.4, -0.2) is 23.3 Å². The molecule has 2 fully saturated rings. The van der Waals surface area contributed by atoms with Crippen LogP contribution in [0.5, 0.6) is 0 Å². The molecule has 6 rings (SSSR count). The second kappa shape index (κ2) is 13.8. The monoisotopic (exact) mass is 807 g/mol. The molecule has 4 aromatic carbocycles. The maximum absolute atomic E-state index is 13.8. The number of nitrogens with zero attached hydrogens (tertiary/aromatic N) is 1. The molecular formula is C38H36F12N4P+. The number of halogens is 12. The van der Waals surface area contributed by atoms with E-state index in [1.807, 2.05) is 18.5 Å². The smallest absolute Gasteiger partial charge is 0.166 e. The van der Waals surface area contributed by atoms with Gasteiger partial charge in [-0.05, 0) is 90.6 Å². The van der Waals surface area contributed by atoms with Crippen molar-refractivity contribution in [3.8, 4) is 0 Å². The lowest BCUT2D eigenvalue weighted by atomic mass is 9.74. The Labute approximate surface area is 309 Å². The summed E-state index contributed by atoms with van der Waals surface area (Å²) in [6, 6.07) is 15.8. The van der Waals surface area contributed by atoms with E-state index in [1.54, 1.807) is 13.8 Å². The van der Waals surface area contributed by atoms with Crippen molar-refractivity contribution < 1.29 is 52.7 Å². The molecule has 296 valence electrons. The minimum atomic E-state index is -4.70. The molecule has 2 aliphatic heterocycles. The number of nitrogens with one attached hydrogen (secondary N) is 3. The first-order chi connectivity index (χ1) is 25.4. The Bertz CT molecular complexity index is 1860. The van der Waals surface area contributed by atoms with Crippen molar-refractivity contribution in [1.29, 1.82) is 0 Å². The average molecular weight is 808 g/mol. The zero-order valence-corrected chi connectivity index (χ0v) is 30.5. The van der Waals surface area contributed by atoms with E-state index in [4.69, 9.17) is 0 Å². The van der Waals surface area contributed by atoms with Gasteiger partial charge in [0.2, 0.25) is 0 Å². The summed E-state index contributed by atoms with van der Waals surface area (Å²) < 4.78 is 167. The fraction of sp³-hybridized carbons (Fsp3) is 0.368. The van der Waals surface area contributed by atoms with Gasteiger partial charge >= 0.3 is 32.6 Å². The van der Waals surface area contributed by atoms with E-state index in [0.717, 1.165) is 48.5 Å². The molecule has 2 atom stereocenters. The normalized spacial score (nSPS) is 22.0. The van der Waals surface area contributed by atoms with Crippen molar-refractivity contribution in [2.75, 3.05) is 6.54 Å². The Morgan fingerprint density at radius 2 is 0.836 bits per heavy atom. The Kier molecular flexibility index (Phi) is 10.2. The average Bonchev–Trinajstić information content (AvgIpc) is 3.63. The van der Waals surface area contributed by atoms with Crippen molar-refractivity contribution in [1.82, 2.24) is 19.9 Å². The first kappa shape index (κ1) is 41.0. The van der Waals surface area contributed by atoms with Crippen molar-refractivity contribution in [3.05, 3.63) is 142 Å². The second-order valence-corrected chi connectivity index (χ2v) is 16.8. The van der Waals surface area contributed by atoms with Gasteiger partial charge in [-0.15, -0.1) is 19.9 Å². The SMILES string of the molecule is CC(C)[C@@H]1N[P+]2(NCC(c3ccc(C(F)(F)F)cc3)(c3ccc(C(F)(F)F)cc3)N2C(C)C)NC1(c1ccc(C(F)(F)F)cc1)c1ccc(C(F)(F)F)cc1. The molecule has 3 N–H and O–H groups in total. The molecule has 2 aliphatic rings. The van der Waals surface area contributed by atoms with Gasteiger partial charge in [0.25, 0.3) is 0 Å². The number of benzene rings is 4. The van der Waals surface area contributed by atoms with Gasteiger partial charge in [-0.3, -0.25) is 0 Å². The van der Waals surface area contributed by atoms with Crippen LogP contribution in [0.15, 0.2) is 97.1 Å². The zero-order valence-electron chi connectivity index (χ0n) is 29.6. The summed E-state index contributed by atoms with van der Waals surface area (Å²) in [6.07, 6.45) is -18.8. The van der Waals surface area contributed by atoms with Gasteiger partial charge < -0.3 is 0 Å². The highest BCUT2D eigenvalue weighted by Crippen LogP contribution is 2.70. The zero-order chi connectivity index (χ0) is 40.6. The molecule has 17 heteroatoms. The quantitative estimate of drug-likeness (QED) is 0.134. The van der Waals surface area contributed by atoms with E-state index >= 15 is 0 Å². The number of hydrogen-bond donors (Lipinski definition) is 3. The van der Waals surface area contributed by atoms with Gasteiger partial charge in [-0.2, -0.15) is 52.7 Å². The summed E-state index contributed by atoms with van der Waals surface area (Å²) in [5.41, 5.74) is -5.65. The van der Waals surface area contributed by atoms with Crippen LogP contribution in [0.2, 0.25) is 0 Å². The molecule has 4 nitrogen and oxygen atoms in total. The van der Waals surface area contributed by atoms with Crippen molar-refractivity contribution in [3.63, 3.8) is 0 Å². The van der Waals surface area contributed by atoms with E-state index in [2.05, 4.69) is 15.3 Å². The lowest BCUT2D eigenvalue weighted by Gasteiger charge is -2.41. The molecule has 1 unspecified atom stereocenters. The minimum Gasteiger partial charge on any atom is -0.166 e. The largest absolute Gasteiger partial charge is 0.416 e. The third-order valence-electron chi connectivity index (χ3n) is 10.3. The molecule has 0 saturated carbocycles. The Morgan fingerprint density at radius 3 is 1.11 bits per heavy atom. The third kappa shape index (κ3) is 7.13. The minimum absolute atomic E-state index is 0.0728. The fourth-order valence-corrected chi connectivity index (χ4v) is 12.3. The first-order valence-electron chi connectivity index (χ1n) is 17.1. The maximum atomic E-state index is 13.8. The first-order valence-corrected chi connectivity index (χ1v) is 18.8. The van der Waals surface area contributed by atoms with Crippen LogP contribution in [0.4, 0.5) is 52.7 Å². The van der Waals surface area contributed by atoms with E-state index in [-0.39, 0.29) is 23.6 Å². The molecule has 0 amide bonds. The number of rotatable bonds is 6. The second-order valence-electron chi connectivity index (χ2n) is 14.3. The predicted molar refractivity (Wildman–Crippen MR) is 184 cm³/mol. The van der Waals surface area contributed by atoms with E-state index in [0.29, 0.717) is 11.1 Å². The molecule has 2 heterocycles. The number of hydrogen-bond acceptors (Lipinski definition) is 4. The highest BCUT2D eigenvalue weighted by Gasteiger charge is 2.73. The lowest BCUT2D eigenvalue weighted by molar-refractivity contribution is -0.138. The molecule has 4 aromatic rings. The molecule has 0 bridgehead atoms. The predicted octanol–water partition coefficient (Wildman–Crippen LogP) is 11.2. The van der Waals surface area contributed by atoms with Crippen molar-refractivity contribution in [2.24, 2.45) is 5.92 Å². The Morgan fingerprint density at radius 1 is 0.527 bits per heavy atom. The topological polar surface area (TPSA) is 39.3 Å². The van der Waals surface area contributed by atoms with E-state index in [1.165, 1.54) is 48.5 Å². The Balaban J connectivity index is 1.60. The van der Waals surface area contributed by atoms with Gasteiger partial charge in [0.15, 0.2) is 0 Å². The molecule has 0 aliphatic carbocycles. The number of alkyl halides is 12. The fourth-order valence-electron chi connectivity index (χ4n) is 7.94. The Hall–Kier alpha value is -3.69. The summed E-state index contributed by atoms with van der Waals surface area (Å²) in [7, 11) is -3.36. The summed E-state index contributed by atoms with van der Waals surface area (Å²) in [4.78, 5) is 0. The molecule has 0 radical (unpaired) electrons. The van der Waals surface area contributed by atoms with Gasteiger partial charge in [0.1, 0.15) is 11.1 Å². The third-order valence-corrected chi connectivity index (χ3v) is 13.7. The summed E-state index contributed by atoms with van der Waals surface area (Å²) >= 11 is 0.